The number of amides is 1. The molecule has 2 aromatic rings. The Morgan fingerprint density at radius 2 is 2.31 bits per heavy atom. The molecule has 3 rings (SSSR count). The number of anilines is 3. The van der Waals surface area contributed by atoms with E-state index in [9.17, 15) is 4.79 Å². The highest BCUT2D eigenvalue weighted by molar-refractivity contribution is 6.32. The number of nitrogens with zero attached hydrogens (tertiary/aromatic N) is 5. The zero-order valence-electron chi connectivity index (χ0n) is 14.9. The second-order valence-electron chi connectivity index (χ2n) is 6.40. The van der Waals surface area contributed by atoms with Crippen LogP contribution in [0.15, 0.2) is 18.6 Å². The normalized spacial score (nSPS) is 16.5. The predicted molar refractivity (Wildman–Crippen MR) is 101 cm³/mol. The van der Waals surface area contributed by atoms with Crippen molar-refractivity contribution < 1.29 is 4.79 Å². The van der Waals surface area contributed by atoms with Crippen molar-refractivity contribution in [1.82, 2.24) is 30.0 Å². The van der Waals surface area contributed by atoms with E-state index < -0.39 is 0 Å². The molecule has 0 aliphatic carbocycles. The molecular weight excluding hydrogens is 356 g/mol. The van der Waals surface area contributed by atoms with Crippen LogP contribution in [0.5, 0.6) is 0 Å². The van der Waals surface area contributed by atoms with E-state index in [1.807, 2.05) is 0 Å². The molecule has 1 aliphatic heterocycles. The summed E-state index contributed by atoms with van der Waals surface area (Å²) < 4.78 is 1.56. The highest BCUT2D eigenvalue weighted by Crippen LogP contribution is 2.21. The minimum absolute atomic E-state index is 0.0330. The van der Waals surface area contributed by atoms with Gasteiger partial charge in [0, 0.05) is 32.9 Å². The van der Waals surface area contributed by atoms with Crippen LogP contribution in [0.3, 0.4) is 0 Å². The number of nitrogens with one attached hydrogen (secondary N) is 3. The molecule has 1 atom stereocenters. The molecule has 0 bridgehead atoms. The molecule has 0 aromatic carbocycles. The zero-order chi connectivity index (χ0) is 18.5. The third-order valence-electron chi connectivity index (χ3n) is 4.11. The number of halogens is 1. The van der Waals surface area contributed by atoms with Gasteiger partial charge in [-0.15, -0.1) is 0 Å². The Kier molecular flexibility index (Phi) is 5.89. The molecule has 0 unspecified atom stereocenters. The molecular formula is C16H23ClN8O. The molecule has 0 spiro atoms. The monoisotopic (exact) mass is 378 g/mol. The SMILES string of the molecule is CN(C)C(=O)Cn1cc(Nc2ncc(Cl)c(NC[C@@H]3CCCN3)n2)cn1. The van der Waals surface area contributed by atoms with Crippen molar-refractivity contribution in [2.45, 2.75) is 25.4 Å². The summed E-state index contributed by atoms with van der Waals surface area (Å²) in [5.74, 6) is 0.970. The van der Waals surface area contributed by atoms with E-state index in [0.717, 1.165) is 19.5 Å². The zero-order valence-corrected chi connectivity index (χ0v) is 15.6. The van der Waals surface area contributed by atoms with Gasteiger partial charge in [0.1, 0.15) is 11.6 Å². The van der Waals surface area contributed by atoms with Crippen molar-refractivity contribution in [2.75, 3.05) is 37.8 Å². The molecule has 140 valence electrons. The lowest BCUT2D eigenvalue weighted by Crippen LogP contribution is -2.29. The molecule has 26 heavy (non-hydrogen) atoms. The third kappa shape index (κ3) is 4.83. The number of hydrogen-bond acceptors (Lipinski definition) is 7. The molecule has 9 nitrogen and oxygen atoms in total. The van der Waals surface area contributed by atoms with Crippen molar-refractivity contribution in [3.63, 3.8) is 0 Å². The predicted octanol–water partition coefficient (Wildman–Crippen LogP) is 1.32. The Morgan fingerprint density at radius 1 is 1.46 bits per heavy atom. The summed E-state index contributed by atoms with van der Waals surface area (Å²) in [7, 11) is 3.42. The fourth-order valence-corrected chi connectivity index (χ4v) is 2.78. The van der Waals surface area contributed by atoms with Gasteiger partial charge in [-0.1, -0.05) is 11.6 Å². The highest BCUT2D eigenvalue weighted by atomic mass is 35.5. The van der Waals surface area contributed by atoms with Crippen LogP contribution in [0.2, 0.25) is 5.02 Å². The maximum absolute atomic E-state index is 11.7. The smallest absolute Gasteiger partial charge is 0.243 e. The molecule has 3 heterocycles. The number of aromatic nitrogens is 4. The number of carbonyl (C=O) groups excluding carboxylic acids is 1. The van der Waals surface area contributed by atoms with Crippen molar-refractivity contribution in [1.29, 1.82) is 0 Å². The average molecular weight is 379 g/mol. The fourth-order valence-electron chi connectivity index (χ4n) is 2.63. The van der Waals surface area contributed by atoms with Gasteiger partial charge in [0.25, 0.3) is 0 Å². The van der Waals surface area contributed by atoms with Gasteiger partial charge in [-0.05, 0) is 19.4 Å². The first-order valence-electron chi connectivity index (χ1n) is 8.50. The number of rotatable bonds is 7. The first-order valence-corrected chi connectivity index (χ1v) is 8.88. The van der Waals surface area contributed by atoms with Crippen LogP contribution < -0.4 is 16.0 Å². The summed E-state index contributed by atoms with van der Waals surface area (Å²) in [4.78, 5) is 21.9. The number of hydrogen-bond donors (Lipinski definition) is 3. The van der Waals surface area contributed by atoms with Crippen LogP contribution in [-0.4, -0.2) is 63.8 Å². The van der Waals surface area contributed by atoms with Gasteiger partial charge in [0.15, 0.2) is 5.82 Å². The summed E-state index contributed by atoms with van der Waals surface area (Å²) in [6, 6.07) is 0.435. The summed E-state index contributed by atoms with van der Waals surface area (Å²) in [6.07, 6.45) is 7.25. The molecule has 1 amide bonds. The molecule has 10 heteroatoms. The van der Waals surface area contributed by atoms with Crippen LogP contribution in [-0.2, 0) is 11.3 Å². The van der Waals surface area contributed by atoms with Crippen LogP contribution in [0.25, 0.3) is 0 Å². The Hall–Kier alpha value is -2.39. The minimum Gasteiger partial charge on any atom is -0.367 e. The van der Waals surface area contributed by atoms with Crippen molar-refractivity contribution in [3.05, 3.63) is 23.6 Å². The summed E-state index contributed by atoms with van der Waals surface area (Å²) in [6.45, 7) is 2.00. The molecule has 2 aromatic heterocycles. The van der Waals surface area contributed by atoms with Crippen LogP contribution in [0.1, 0.15) is 12.8 Å². The van der Waals surface area contributed by atoms with Gasteiger partial charge in [-0.3, -0.25) is 9.48 Å². The van der Waals surface area contributed by atoms with E-state index in [-0.39, 0.29) is 12.5 Å². The Labute approximate surface area is 157 Å². The van der Waals surface area contributed by atoms with Crippen LogP contribution in [0, 0.1) is 0 Å². The van der Waals surface area contributed by atoms with Crippen molar-refractivity contribution in [3.8, 4) is 0 Å². The number of likely N-dealkylation sites (N-methyl/N-ethyl adjacent to an activating group) is 1. The lowest BCUT2D eigenvalue weighted by molar-refractivity contribution is -0.129. The Balaban J connectivity index is 1.61. The van der Waals surface area contributed by atoms with Crippen LogP contribution in [0.4, 0.5) is 17.5 Å². The van der Waals surface area contributed by atoms with E-state index >= 15 is 0 Å². The van der Waals surface area contributed by atoms with Crippen LogP contribution >= 0.6 is 11.6 Å². The molecule has 1 saturated heterocycles. The topological polar surface area (TPSA) is 100 Å². The molecule has 3 N–H and O–H groups in total. The second-order valence-corrected chi connectivity index (χ2v) is 6.81. The first-order chi connectivity index (χ1) is 12.5. The lowest BCUT2D eigenvalue weighted by atomic mass is 10.2. The van der Waals surface area contributed by atoms with Gasteiger partial charge in [0.2, 0.25) is 11.9 Å². The first kappa shape index (κ1) is 18.4. The van der Waals surface area contributed by atoms with Gasteiger partial charge in [0.05, 0.1) is 18.1 Å². The molecule has 1 fully saturated rings. The quantitative estimate of drug-likeness (QED) is 0.668. The lowest BCUT2D eigenvalue weighted by Gasteiger charge is -2.13. The largest absolute Gasteiger partial charge is 0.367 e. The Morgan fingerprint density at radius 3 is 3.04 bits per heavy atom. The minimum atomic E-state index is -0.0330. The van der Waals surface area contributed by atoms with Gasteiger partial charge in [-0.25, -0.2) is 4.98 Å². The third-order valence-corrected chi connectivity index (χ3v) is 4.38. The molecule has 0 saturated carbocycles. The van der Waals surface area contributed by atoms with E-state index in [4.69, 9.17) is 11.6 Å². The molecule has 1 aliphatic rings. The summed E-state index contributed by atoms with van der Waals surface area (Å²) in [5, 5.41) is 14.4. The Bertz CT molecular complexity index is 756. The van der Waals surface area contributed by atoms with E-state index in [1.54, 1.807) is 37.4 Å². The van der Waals surface area contributed by atoms with Gasteiger partial charge >= 0.3 is 0 Å². The summed E-state index contributed by atoms with van der Waals surface area (Å²) in [5.41, 5.74) is 0.697. The van der Waals surface area contributed by atoms with Gasteiger partial charge < -0.3 is 20.9 Å². The van der Waals surface area contributed by atoms with Gasteiger partial charge in [-0.2, -0.15) is 10.1 Å². The standard InChI is InChI=1S/C16H23ClN8O/c1-24(2)14(26)10-25-9-12(7-21-25)22-16-20-8-13(17)15(23-16)19-6-11-4-3-5-18-11/h7-9,11,18H,3-6,10H2,1-2H3,(H2,19,20,22,23)/t11-/m0/s1. The van der Waals surface area contributed by atoms with E-state index in [1.165, 1.54) is 11.3 Å². The average Bonchev–Trinajstić information content (AvgIpc) is 3.27. The van der Waals surface area contributed by atoms with E-state index in [2.05, 4.69) is 31.0 Å². The fraction of sp³-hybridized carbons (Fsp3) is 0.500. The van der Waals surface area contributed by atoms with Crippen molar-refractivity contribution in [2.24, 2.45) is 0 Å². The second kappa shape index (κ2) is 8.33. The highest BCUT2D eigenvalue weighted by Gasteiger charge is 2.15. The number of carbonyl (C=O) groups is 1. The van der Waals surface area contributed by atoms with E-state index in [0.29, 0.717) is 28.5 Å². The molecule has 0 radical (unpaired) electrons. The maximum Gasteiger partial charge on any atom is 0.243 e. The summed E-state index contributed by atoms with van der Waals surface area (Å²) >= 11 is 6.18. The maximum atomic E-state index is 11.7. The van der Waals surface area contributed by atoms with Crippen molar-refractivity contribution >= 4 is 35.0 Å².